The molecule has 1 rings (SSSR count). The van der Waals surface area contributed by atoms with Crippen LogP contribution in [0.25, 0.3) is 0 Å². The smallest absolute Gasteiger partial charge is 0.410 e. The molecule has 116 valence electrons. The predicted molar refractivity (Wildman–Crippen MR) is 73.2 cm³/mol. The van der Waals surface area contributed by atoms with Crippen LogP contribution < -0.4 is 0 Å². The number of nitrogens with zero attached hydrogens (tertiary/aromatic N) is 1. The number of hydrogen-bond acceptors (Lipinski definition) is 5. The molecule has 0 aliphatic heterocycles. The molecule has 1 N–H and O–H groups in total. The van der Waals surface area contributed by atoms with Crippen LogP contribution in [0.5, 0.6) is 0 Å². The van der Waals surface area contributed by atoms with E-state index in [1.165, 1.54) is 4.90 Å². The summed E-state index contributed by atoms with van der Waals surface area (Å²) in [6, 6.07) is 0. The number of esters is 1. The highest BCUT2D eigenvalue weighted by molar-refractivity contribution is 5.78. The van der Waals surface area contributed by atoms with Crippen molar-refractivity contribution in [2.75, 3.05) is 26.3 Å². The lowest BCUT2D eigenvalue weighted by atomic mass is 10.1. The van der Waals surface area contributed by atoms with Gasteiger partial charge in [0, 0.05) is 12.0 Å². The van der Waals surface area contributed by atoms with E-state index >= 15 is 0 Å². The topological polar surface area (TPSA) is 76.1 Å². The van der Waals surface area contributed by atoms with Gasteiger partial charge in [0.2, 0.25) is 0 Å². The molecule has 1 saturated carbocycles. The Kier molecular flexibility index (Phi) is 5.39. The molecule has 0 aromatic heterocycles. The van der Waals surface area contributed by atoms with Gasteiger partial charge in [0.15, 0.2) is 0 Å². The van der Waals surface area contributed by atoms with Crippen LogP contribution in [0.3, 0.4) is 0 Å². The van der Waals surface area contributed by atoms with E-state index in [1.807, 2.05) is 0 Å². The zero-order chi connectivity index (χ0) is 15.4. The van der Waals surface area contributed by atoms with Crippen LogP contribution in [0.1, 0.15) is 40.5 Å². The molecule has 1 aliphatic rings. The summed E-state index contributed by atoms with van der Waals surface area (Å²) in [4.78, 5) is 25.0. The Balaban J connectivity index is 2.68. The average molecular weight is 287 g/mol. The summed E-state index contributed by atoms with van der Waals surface area (Å²) in [5.74, 6) is -0.466. The van der Waals surface area contributed by atoms with Crippen LogP contribution in [0.15, 0.2) is 0 Å². The van der Waals surface area contributed by atoms with Crippen molar-refractivity contribution < 1.29 is 24.2 Å². The molecule has 0 unspecified atom stereocenters. The van der Waals surface area contributed by atoms with Crippen molar-refractivity contribution in [1.29, 1.82) is 0 Å². The first-order valence-corrected chi connectivity index (χ1v) is 6.96. The standard InChI is InChI=1S/C14H25NO5/c1-5-19-11(17)8-15(9-14(10-16)6-7-14)12(18)20-13(2,3)4/h16H,5-10H2,1-4H3. The van der Waals surface area contributed by atoms with Gasteiger partial charge in [0.05, 0.1) is 13.2 Å². The second kappa shape index (κ2) is 6.43. The zero-order valence-corrected chi connectivity index (χ0v) is 12.8. The lowest BCUT2D eigenvalue weighted by molar-refractivity contribution is -0.144. The Hall–Kier alpha value is -1.30. The first-order valence-electron chi connectivity index (χ1n) is 6.96. The van der Waals surface area contributed by atoms with Gasteiger partial charge in [-0.15, -0.1) is 0 Å². The third-order valence-corrected chi connectivity index (χ3v) is 3.10. The number of aliphatic hydroxyl groups is 1. The Morgan fingerprint density at radius 2 is 1.90 bits per heavy atom. The van der Waals surface area contributed by atoms with Crippen molar-refractivity contribution >= 4 is 12.1 Å². The third kappa shape index (κ3) is 5.36. The molecule has 0 aromatic carbocycles. The van der Waals surface area contributed by atoms with Gasteiger partial charge in [-0.3, -0.25) is 9.69 Å². The maximum atomic E-state index is 12.1. The van der Waals surface area contributed by atoms with Gasteiger partial charge < -0.3 is 14.6 Å². The fourth-order valence-corrected chi connectivity index (χ4v) is 1.82. The van der Waals surface area contributed by atoms with Gasteiger partial charge in [0.25, 0.3) is 0 Å². The second-order valence-electron chi connectivity index (χ2n) is 6.30. The minimum Gasteiger partial charge on any atom is -0.465 e. The monoisotopic (exact) mass is 287 g/mol. The van der Waals surface area contributed by atoms with Crippen LogP contribution in [-0.4, -0.2) is 54.0 Å². The normalized spacial score (nSPS) is 16.4. The molecular formula is C14H25NO5. The number of hydrogen-bond donors (Lipinski definition) is 1. The summed E-state index contributed by atoms with van der Waals surface area (Å²) in [6.07, 6.45) is 1.15. The molecule has 20 heavy (non-hydrogen) atoms. The Morgan fingerprint density at radius 3 is 2.30 bits per heavy atom. The predicted octanol–water partition coefficient (Wildman–Crippen LogP) is 1.56. The van der Waals surface area contributed by atoms with Crippen molar-refractivity contribution in [2.45, 2.75) is 46.1 Å². The maximum absolute atomic E-state index is 12.1. The molecule has 0 radical (unpaired) electrons. The van der Waals surface area contributed by atoms with Gasteiger partial charge in [-0.1, -0.05) is 0 Å². The number of aliphatic hydroxyl groups excluding tert-OH is 1. The Labute approximate surface area is 120 Å². The van der Waals surface area contributed by atoms with Crippen LogP contribution in [0, 0.1) is 5.41 Å². The fourth-order valence-electron chi connectivity index (χ4n) is 1.82. The summed E-state index contributed by atoms with van der Waals surface area (Å²) >= 11 is 0. The maximum Gasteiger partial charge on any atom is 0.410 e. The summed E-state index contributed by atoms with van der Waals surface area (Å²) in [5.41, 5.74) is -0.899. The SMILES string of the molecule is CCOC(=O)CN(CC1(CO)CC1)C(=O)OC(C)(C)C. The molecule has 1 aliphatic carbocycles. The van der Waals surface area contributed by atoms with E-state index < -0.39 is 17.7 Å². The van der Waals surface area contributed by atoms with E-state index in [2.05, 4.69) is 0 Å². The van der Waals surface area contributed by atoms with Crippen LogP contribution in [-0.2, 0) is 14.3 Å². The van der Waals surface area contributed by atoms with Gasteiger partial charge in [-0.05, 0) is 40.5 Å². The first kappa shape index (κ1) is 16.8. The summed E-state index contributed by atoms with van der Waals surface area (Å²) in [6.45, 7) is 7.47. The highest BCUT2D eigenvalue weighted by Gasteiger charge is 2.45. The lowest BCUT2D eigenvalue weighted by Crippen LogP contribution is -2.43. The van der Waals surface area contributed by atoms with Crippen LogP contribution >= 0.6 is 0 Å². The van der Waals surface area contributed by atoms with Gasteiger partial charge >= 0.3 is 12.1 Å². The molecule has 0 heterocycles. The average Bonchev–Trinajstić information content (AvgIpc) is 3.07. The van der Waals surface area contributed by atoms with Gasteiger partial charge in [-0.2, -0.15) is 0 Å². The molecule has 0 atom stereocenters. The molecule has 1 fully saturated rings. The summed E-state index contributed by atoms with van der Waals surface area (Å²) in [7, 11) is 0. The molecule has 0 spiro atoms. The van der Waals surface area contributed by atoms with E-state index in [0.29, 0.717) is 6.54 Å². The largest absolute Gasteiger partial charge is 0.465 e. The van der Waals surface area contributed by atoms with Gasteiger partial charge in [-0.25, -0.2) is 4.79 Å². The van der Waals surface area contributed by atoms with Crippen molar-refractivity contribution in [2.24, 2.45) is 5.41 Å². The van der Waals surface area contributed by atoms with E-state index in [4.69, 9.17) is 9.47 Å². The van der Waals surface area contributed by atoms with Crippen molar-refractivity contribution in [3.05, 3.63) is 0 Å². The quantitative estimate of drug-likeness (QED) is 0.750. The van der Waals surface area contributed by atoms with E-state index in [-0.39, 0.29) is 25.2 Å². The number of rotatable bonds is 6. The summed E-state index contributed by atoms with van der Waals surface area (Å²) < 4.78 is 10.2. The number of carbonyl (C=O) groups is 2. The molecule has 1 amide bonds. The first-order chi connectivity index (χ1) is 9.21. The minimum atomic E-state index is -0.625. The molecule has 6 nitrogen and oxygen atoms in total. The third-order valence-electron chi connectivity index (χ3n) is 3.10. The Morgan fingerprint density at radius 1 is 1.30 bits per heavy atom. The van der Waals surface area contributed by atoms with Crippen LogP contribution in [0.2, 0.25) is 0 Å². The number of carbonyl (C=O) groups excluding carboxylic acids is 2. The molecular weight excluding hydrogens is 262 g/mol. The van der Waals surface area contributed by atoms with E-state index in [1.54, 1.807) is 27.7 Å². The second-order valence-corrected chi connectivity index (χ2v) is 6.30. The zero-order valence-electron chi connectivity index (χ0n) is 12.8. The molecule has 6 heteroatoms. The highest BCUT2D eigenvalue weighted by Crippen LogP contribution is 2.45. The number of ether oxygens (including phenoxy) is 2. The van der Waals surface area contributed by atoms with E-state index in [9.17, 15) is 14.7 Å². The fraction of sp³-hybridized carbons (Fsp3) is 0.857. The van der Waals surface area contributed by atoms with Gasteiger partial charge in [0.1, 0.15) is 12.1 Å². The minimum absolute atomic E-state index is 0.00905. The van der Waals surface area contributed by atoms with Crippen molar-refractivity contribution in [3.8, 4) is 0 Å². The van der Waals surface area contributed by atoms with E-state index in [0.717, 1.165) is 12.8 Å². The molecule has 0 bridgehead atoms. The highest BCUT2D eigenvalue weighted by atomic mass is 16.6. The van der Waals surface area contributed by atoms with Crippen LogP contribution in [0.4, 0.5) is 4.79 Å². The summed E-state index contributed by atoms with van der Waals surface area (Å²) in [5, 5.41) is 9.36. The Bertz CT molecular complexity index is 357. The molecule has 0 aromatic rings. The lowest BCUT2D eigenvalue weighted by Gasteiger charge is -2.29. The van der Waals surface area contributed by atoms with Crippen molar-refractivity contribution in [3.63, 3.8) is 0 Å². The number of amides is 1. The van der Waals surface area contributed by atoms with Crippen molar-refractivity contribution in [1.82, 2.24) is 4.90 Å². The molecule has 0 saturated heterocycles.